The minimum Gasteiger partial charge on any atom is -0.350 e. The van der Waals surface area contributed by atoms with Crippen LogP contribution in [0, 0.1) is 19.8 Å². The predicted molar refractivity (Wildman–Crippen MR) is 93.8 cm³/mol. The Kier molecular flexibility index (Phi) is 4.80. The minimum atomic E-state index is -0.447. The van der Waals surface area contributed by atoms with E-state index in [1.54, 1.807) is 27.6 Å². The maximum absolute atomic E-state index is 12.8. The zero-order chi connectivity index (χ0) is 19.0. The van der Waals surface area contributed by atoms with Gasteiger partial charge in [-0.25, -0.2) is 0 Å². The number of hydrogen-bond donors (Lipinski definition) is 1. The molecule has 0 aliphatic carbocycles. The molecule has 26 heavy (non-hydrogen) atoms. The van der Waals surface area contributed by atoms with Gasteiger partial charge in [0.1, 0.15) is 5.69 Å². The van der Waals surface area contributed by atoms with Crippen molar-refractivity contribution in [2.45, 2.75) is 46.3 Å². The molecule has 0 aromatic carbocycles. The monoisotopic (exact) mass is 359 g/mol. The molecule has 1 saturated heterocycles. The molecule has 140 valence electrons. The van der Waals surface area contributed by atoms with Crippen LogP contribution in [0.4, 0.5) is 0 Å². The summed E-state index contributed by atoms with van der Waals surface area (Å²) in [6.45, 7) is 6.76. The Hall–Kier alpha value is -2.71. The second kappa shape index (κ2) is 6.89. The van der Waals surface area contributed by atoms with E-state index in [9.17, 15) is 9.59 Å². The Morgan fingerprint density at radius 3 is 2.62 bits per heavy atom. The van der Waals surface area contributed by atoms with Crippen LogP contribution >= 0.6 is 0 Å². The molecule has 2 amide bonds. The van der Waals surface area contributed by atoms with Gasteiger partial charge < -0.3 is 10.2 Å². The normalized spacial score (nSPS) is 20.0. The van der Waals surface area contributed by atoms with Crippen molar-refractivity contribution in [2.24, 2.45) is 13.0 Å². The lowest BCUT2D eigenvalue weighted by Crippen LogP contribution is -2.34. The van der Waals surface area contributed by atoms with Crippen molar-refractivity contribution >= 4 is 11.8 Å². The Bertz CT molecular complexity index is 838. The highest BCUT2D eigenvalue weighted by atomic mass is 16.2. The molecule has 9 nitrogen and oxygen atoms in total. The molecule has 2 aromatic heterocycles. The van der Waals surface area contributed by atoms with Crippen LogP contribution in [-0.2, 0) is 29.7 Å². The lowest BCUT2D eigenvalue weighted by Gasteiger charge is -2.24. The third kappa shape index (κ3) is 3.09. The lowest BCUT2D eigenvalue weighted by molar-refractivity contribution is -0.128. The summed E-state index contributed by atoms with van der Waals surface area (Å²) in [5.74, 6) is -0.634. The van der Waals surface area contributed by atoms with Gasteiger partial charge in [0.25, 0.3) is 0 Å². The molecule has 0 radical (unpaired) electrons. The van der Waals surface area contributed by atoms with Crippen molar-refractivity contribution in [3.8, 4) is 0 Å². The lowest BCUT2D eigenvalue weighted by atomic mass is 9.93. The first-order chi connectivity index (χ1) is 12.3. The number of nitrogens with one attached hydrogen (secondary N) is 1. The highest BCUT2D eigenvalue weighted by Gasteiger charge is 2.43. The number of amides is 2. The summed E-state index contributed by atoms with van der Waals surface area (Å²) in [5.41, 5.74) is 3.41. The highest BCUT2D eigenvalue weighted by Crippen LogP contribution is 2.38. The number of hydrogen-bond acceptors (Lipinski definition) is 5. The van der Waals surface area contributed by atoms with Crippen LogP contribution < -0.4 is 5.32 Å². The van der Waals surface area contributed by atoms with Crippen molar-refractivity contribution in [1.29, 1.82) is 0 Å². The van der Waals surface area contributed by atoms with Gasteiger partial charge in [0, 0.05) is 31.8 Å². The molecule has 0 spiro atoms. The SMILES string of the molecule is CCn1nc(C)c(CNC(=O)[C@H]2CC(=O)N(C)[C@@H]2c2cnn(C)c2C)n1. The Morgan fingerprint density at radius 2 is 2.04 bits per heavy atom. The molecule has 3 rings (SSSR count). The molecule has 1 fully saturated rings. The van der Waals surface area contributed by atoms with E-state index in [4.69, 9.17) is 0 Å². The first-order valence-corrected chi connectivity index (χ1v) is 8.76. The van der Waals surface area contributed by atoms with E-state index < -0.39 is 5.92 Å². The molecule has 2 atom stereocenters. The summed E-state index contributed by atoms with van der Waals surface area (Å²) in [7, 11) is 3.59. The van der Waals surface area contributed by atoms with Gasteiger partial charge in [0.05, 0.1) is 36.9 Å². The van der Waals surface area contributed by atoms with Crippen molar-refractivity contribution in [2.75, 3.05) is 7.05 Å². The van der Waals surface area contributed by atoms with Crippen LogP contribution in [0.5, 0.6) is 0 Å². The van der Waals surface area contributed by atoms with Gasteiger partial charge in [0.15, 0.2) is 0 Å². The van der Waals surface area contributed by atoms with Crippen LogP contribution in [-0.4, -0.2) is 48.5 Å². The summed E-state index contributed by atoms with van der Waals surface area (Å²) >= 11 is 0. The van der Waals surface area contributed by atoms with Crippen molar-refractivity contribution in [3.05, 3.63) is 28.8 Å². The number of rotatable bonds is 5. The van der Waals surface area contributed by atoms with Crippen molar-refractivity contribution in [1.82, 2.24) is 35.0 Å². The number of likely N-dealkylation sites (tertiary alicyclic amines) is 1. The molecule has 1 aliphatic heterocycles. The average molecular weight is 359 g/mol. The average Bonchev–Trinajstić information content (AvgIpc) is 3.24. The van der Waals surface area contributed by atoms with E-state index in [1.807, 2.05) is 27.8 Å². The Balaban J connectivity index is 1.77. The topological polar surface area (TPSA) is 97.9 Å². The van der Waals surface area contributed by atoms with Crippen molar-refractivity contribution < 1.29 is 9.59 Å². The maximum Gasteiger partial charge on any atom is 0.226 e. The molecule has 1 aliphatic rings. The summed E-state index contributed by atoms with van der Waals surface area (Å²) in [6.07, 6.45) is 1.94. The number of carbonyl (C=O) groups excluding carboxylic acids is 2. The third-order valence-corrected chi connectivity index (χ3v) is 5.15. The molecule has 0 saturated carbocycles. The molecule has 0 bridgehead atoms. The van der Waals surface area contributed by atoms with Gasteiger partial charge in [-0.3, -0.25) is 14.3 Å². The smallest absolute Gasteiger partial charge is 0.226 e. The Morgan fingerprint density at radius 1 is 1.31 bits per heavy atom. The molecule has 2 aromatic rings. The molecular formula is C17H25N7O2. The number of aryl methyl sites for hydroxylation is 3. The molecule has 0 unspecified atom stereocenters. The molecule has 1 N–H and O–H groups in total. The van der Waals surface area contributed by atoms with E-state index in [1.165, 1.54) is 0 Å². The largest absolute Gasteiger partial charge is 0.350 e. The van der Waals surface area contributed by atoms with Crippen molar-refractivity contribution in [3.63, 3.8) is 0 Å². The summed E-state index contributed by atoms with van der Waals surface area (Å²) in [5, 5.41) is 15.8. The highest BCUT2D eigenvalue weighted by molar-refractivity contribution is 5.90. The third-order valence-electron chi connectivity index (χ3n) is 5.15. The summed E-state index contributed by atoms with van der Waals surface area (Å²) in [4.78, 5) is 28.3. The van der Waals surface area contributed by atoms with E-state index in [0.717, 1.165) is 22.6 Å². The van der Waals surface area contributed by atoms with Gasteiger partial charge >= 0.3 is 0 Å². The van der Waals surface area contributed by atoms with Gasteiger partial charge in [-0.1, -0.05) is 0 Å². The van der Waals surface area contributed by atoms with Gasteiger partial charge in [-0.05, 0) is 20.8 Å². The fourth-order valence-electron chi connectivity index (χ4n) is 3.41. The second-order valence-corrected chi connectivity index (χ2v) is 6.71. The van der Waals surface area contributed by atoms with E-state index >= 15 is 0 Å². The molecule has 9 heteroatoms. The number of carbonyl (C=O) groups is 2. The fraction of sp³-hybridized carbons (Fsp3) is 0.588. The van der Waals surface area contributed by atoms with Gasteiger partial charge in [-0.15, -0.1) is 0 Å². The number of aromatic nitrogens is 5. The maximum atomic E-state index is 12.8. The predicted octanol–water partition coefficient (Wildman–Crippen LogP) is 0.484. The standard InChI is InChI=1S/C17H25N7O2/c1-6-24-20-10(2)14(21-24)9-18-17(26)12-7-15(25)22(4)16(12)13-8-19-23(5)11(13)3/h8,12,16H,6-7,9H2,1-5H3,(H,18,26)/t12-,16-/m0/s1. The van der Waals surface area contributed by atoms with Gasteiger partial charge in [0.2, 0.25) is 11.8 Å². The first-order valence-electron chi connectivity index (χ1n) is 8.76. The van der Waals surface area contributed by atoms with E-state index in [0.29, 0.717) is 13.1 Å². The molecular weight excluding hydrogens is 334 g/mol. The zero-order valence-electron chi connectivity index (χ0n) is 15.9. The Labute approximate surface area is 152 Å². The quantitative estimate of drug-likeness (QED) is 0.837. The number of nitrogens with zero attached hydrogens (tertiary/aromatic N) is 6. The minimum absolute atomic E-state index is 0.0356. The molecule has 3 heterocycles. The zero-order valence-corrected chi connectivity index (χ0v) is 15.9. The van der Waals surface area contributed by atoms with Crippen LogP contribution in [0.3, 0.4) is 0 Å². The first kappa shape index (κ1) is 18.1. The fourth-order valence-corrected chi connectivity index (χ4v) is 3.41. The van der Waals surface area contributed by atoms with Crippen LogP contribution in [0.25, 0.3) is 0 Å². The van der Waals surface area contributed by atoms with Crippen LogP contribution in [0.2, 0.25) is 0 Å². The van der Waals surface area contributed by atoms with Gasteiger partial charge in [-0.2, -0.15) is 20.1 Å². The summed E-state index contributed by atoms with van der Waals surface area (Å²) in [6, 6.07) is -0.302. The van der Waals surface area contributed by atoms with E-state index in [2.05, 4.69) is 20.6 Å². The second-order valence-electron chi connectivity index (χ2n) is 6.71. The van der Waals surface area contributed by atoms with E-state index in [-0.39, 0.29) is 24.3 Å². The van der Waals surface area contributed by atoms with Crippen LogP contribution in [0.15, 0.2) is 6.20 Å². The van der Waals surface area contributed by atoms with Crippen LogP contribution in [0.1, 0.15) is 42.0 Å². The summed E-state index contributed by atoms with van der Waals surface area (Å²) < 4.78 is 1.76.